The molecule has 7 nitrogen and oxygen atoms in total. The first-order chi connectivity index (χ1) is 10.3. The molecule has 0 radical (unpaired) electrons. The molecule has 0 aliphatic carbocycles. The van der Waals surface area contributed by atoms with Crippen LogP contribution in [0.5, 0.6) is 0 Å². The van der Waals surface area contributed by atoms with Gasteiger partial charge < -0.3 is 10.0 Å². The first kappa shape index (κ1) is 15.9. The lowest BCUT2D eigenvalue weighted by atomic mass is 9.76. The van der Waals surface area contributed by atoms with E-state index in [0.29, 0.717) is 6.42 Å². The molecular weight excluding hydrogens is 288 g/mol. The molecule has 1 unspecified atom stereocenters. The van der Waals surface area contributed by atoms with E-state index in [9.17, 15) is 24.8 Å². The zero-order chi connectivity index (χ0) is 16.5. The number of amides is 1. The van der Waals surface area contributed by atoms with Crippen molar-refractivity contribution in [2.45, 2.75) is 20.3 Å². The highest BCUT2D eigenvalue weighted by Crippen LogP contribution is 2.39. The summed E-state index contributed by atoms with van der Waals surface area (Å²) < 4.78 is 0. The van der Waals surface area contributed by atoms with Crippen molar-refractivity contribution in [3.05, 3.63) is 39.9 Å². The molecular formula is C15H18N2O5. The van der Waals surface area contributed by atoms with Crippen LogP contribution in [0.25, 0.3) is 0 Å². The minimum absolute atomic E-state index is 0.00237. The molecule has 1 heterocycles. The fourth-order valence-corrected chi connectivity index (χ4v) is 2.88. The SMILES string of the molecule is CC(C)C1(C(=O)O)CCN(C(=O)c2ccccc2[N+](=O)[O-])C1. The Bertz CT molecular complexity index is 628. The van der Waals surface area contributed by atoms with Gasteiger partial charge in [-0.15, -0.1) is 0 Å². The second-order valence-corrected chi connectivity index (χ2v) is 5.87. The summed E-state index contributed by atoms with van der Waals surface area (Å²) in [6, 6.07) is 5.73. The van der Waals surface area contributed by atoms with Gasteiger partial charge in [0.05, 0.1) is 10.3 Å². The molecule has 1 aromatic carbocycles. The topological polar surface area (TPSA) is 101 Å². The molecule has 0 saturated carbocycles. The number of rotatable bonds is 4. The van der Waals surface area contributed by atoms with Gasteiger partial charge in [-0.1, -0.05) is 26.0 Å². The summed E-state index contributed by atoms with van der Waals surface area (Å²) in [5.74, 6) is -1.55. The summed E-state index contributed by atoms with van der Waals surface area (Å²) in [6.45, 7) is 3.99. The van der Waals surface area contributed by atoms with Crippen molar-refractivity contribution >= 4 is 17.6 Å². The van der Waals surface area contributed by atoms with Crippen molar-refractivity contribution in [1.29, 1.82) is 0 Å². The molecule has 1 N–H and O–H groups in total. The Morgan fingerprint density at radius 2 is 2.00 bits per heavy atom. The summed E-state index contributed by atoms with van der Waals surface area (Å²) in [6.07, 6.45) is 0.354. The Hall–Kier alpha value is -2.44. The number of carboxylic acids is 1. The van der Waals surface area contributed by atoms with Crippen LogP contribution in [0.4, 0.5) is 5.69 Å². The van der Waals surface area contributed by atoms with Crippen molar-refractivity contribution in [2.24, 2.45) is 11.3 Å². The van der Waals surface area contributed by atoms with E-state index >= 15 is 0 Å². The molecule has 1 atom stereocenters. The summed E-state index contributed by atoms with van der Waals surface area (Å²) in [5.41, 5.74) is -1.25. The van der Waals surface area contributed by atoms with Crippen LogP contribution < -0.4 is 0 Å². The molecule has 1 aliphatic heterocycles. The van der Waals surface area contributed by atoms with Gasteiger partial charge in [-0.2, -0.15) is 0 Å². The highest BCUT2D eigenvalue weighted by molar-refractivity contribution is 5.98. The maximum absolute atomic E-state index is 12.5. The van der Waals surface area contributed by atoms with Gasteiger partial charge in [0.1, 0.15) is 5.56 Å². The molecule has 7 heteroatoms. The Kier molecular flexibility index (Phi) is 4.16. The molecule has 1 aliphatic rings. The van der Waals surface area contributed by atoms with E-state index in [-0.39, 0.29) is 30.3 Å². The van der Waals surface area contributed by atoms with Crippen LogP contribution in [0, 0.1) is 21.4 Å². The van der Waals surface area contributed by atoms with Crippen LogP contribution in [0.15, 0.2) is 24.3 Å². The minimum Gasteiger partial charge on any atom is -0.481 e. The fourth-order valence-electron chi connectivity index (χ4n) is 2.88. The van der Waals surface area contributed by atoms with Crippen LogP contribution in [0.1, 0.15) is 30.6 Å². The average molecular weight is 306 g/mol. The van der Waals surface area contributed by atoms with Crippen molar-refractivity contribution in [1.82, 2.24) is 4.90 Å². The molecule has 0 spiro atoms. The van der Waals surface area contributed by atoms with Crippen LogP contribution in [-0.4, -0.2) is 39.9 Å². The zero-order valence-corrected chi connectivity index (χ0v) is 12.5. The van der Waals surface area contributed by atoms with Gasteiger partial charge in [0, 0.05) is 19.2 Å². The van der Waals surface area contributed by atoms with E-state index in [2.05, 4.69) is 0 Å². The Morgan fingerprint density at radius 1 is 1.36 bits per heavy atom. The Labute approximate surface area is 127 Å². The number of nitrogens with zero attached hydrogens (tertiary/aromatic N) is 2. The summed E-state index contributed by atoms with van der Waals surface area (Å²) in [4.78, 5) is 36.0. The van der Waals surface area contributed by atoms with Gasteiger partial charge in [0.15, 0.2) is 0 Å². The smallest absolute Gasteiger partial charge is 0.311 e. The van der Waals surface area contributed by atoms with E-state index in [1.54, 1.807) is 6.07 Å². The lowest BCUT2D eigenvalue weighted by Gasteiger charge is -2.28. The van der Waals surface area contributed by atoms with Crippen LogP contribution in [-0.2, 0) is 4.79 Å². The number of nitro groups is 1. The summed E-state index contributed by atoms with van der Waals surface area (Å²) >= 11 is 0. The van der Waals surface area contributed by atoms with Crippen molar-refractivity contribution < 1.29 is 19.6 Å². The number of hydrogen-bond donors (Lipinski definition) is 1. The van der Waals surface area contributed by atoms with E-state index in [0.717, 1.165) is 0 Å². The number of para-hydroxylation sites is 1. The number of benzene rings is 1. The number of nitro benzene ring substituents is 1. The molecule has 2 rings (SSSR count). The quantitative estimate of drug-likeness (QED) is 0.678. The number of carbonyl (C=O) groups is 2. The van der Waals surface area contributed by atoms with Crippen LogP contribution in [0.3, 0.4) is 0 Å². The van der Waals surface area contributed by atoms with E-state index < -0.39 is 22.2 Å². The second-order valence-electron chi connectivity index (χ2n) is 5.87. The third kappa shape index (κ3) is 2.54. The maximum atomic E-state index is 12.5. The van der Waals surface area contributed by atoms with Gasteiger partial charge in [0.2, 0.25) is 0 Å². The van der Waals surface area contributed by atoms with E-state index in [1.165, 1.54) is 23.1 Å². The third-order valence-electron chi connectivity index (χ3n) is 4.45. The predicted molar refractivity (Wildman–Crippen MR) is 78.5 cm³/mol. The zero-order valence-electron chi connectivity index (χ0n) is 12.5. The summed E-state index contributed by atoms with van der Waals surface area (Å²) in [5, 5.41) is 20.5. The second kappa shape index (κ2) is 5.75. The lowest BCUT2D eigenvalue weighted by Crippen LogP contribution is -2.40. The molecule has 22 heavy (non-hydrogen) atoms. The first-order valence-corrected chi connectivity index (χ1v) is 7.05. The first-order valence-electron chi connectivity index (χ1n) is 7.05. The molecule has 1 fully saturated rings. The predicted octanol–water partition coefficient (Wildman–Crippen LogP) is 2.17. The minimum atomic E-state index is -0.987. The number of aliphatic carboxylic acids is 1. The Balaban J connectivity index is 2.30. The highest BCUT2D eigenvalue weighted by Gasteiger charge is 2.49. The number of likely N-dealkylation sites (tertiary alicyclic amines) is 1. The molecule has 0 aromatic heterocycles. The fraction of sp³-hybridized carbons (Fsp3) is 0.467. The highest BCUT2D eigenvalue weighted by atomic mass is 16.6. The molecule has 1 amide bonds. The standard InChI is InChI=1S/C15H18N2O5/c1-10(2)15(14(19)20)7-8-16(9-15)13(18)11-5-3-4-6-12(11)17(21)22/h3-6,10H,7-9H2,1-2H3,(H,19,20). The molecule has 118 valence electrons. The van der Waals surface area contributed by atoms with Crippen molar-refractivity contribution in [2.75, 3.05) is 13.1 Å². The third-order valence-corrected chi connectivity index (χ3v) is 4.45. The lowest BCUT2D eigenvalue weighted by molar-refractivity contribution is -0.385. The molecule has 0 bridgehead atoms. The summed E-state index contributed by atoms with van der Waals surface area (Å²) in [7, 11) is 0. The average Bonchev–Trinajstić information content (AvgIpc) is 2.93. The van der Waals surface area contributed by atoms with Gasteiger partial charge in [-0.05, 0) is 18.4 Å². The van der Waals surface area contributed by atoms with Crippen LogP contribution in [0.2, 0.25) is 0 Å². The normalized spacial score (nSPS) is 21.1. The monoisotopic (exact) mass is 306 g/mol. The number of hydrogen-bond acceptors (Lipinski definition) is 4. The largest absolute Gasteiger partial charge is 0.481 e. The Morgan fingerprint density at radius 3 is 2.50 bits per heavy atom. The van der Waals surface area contributed by atoms with Gasteiger partial charge >= 0.3 is 5.97 Å². The maximum Gasteiger partial charge on any atom is 0.311 e. The number of carbonyl (C=O) groups excluding carboxylic acids is 1. The van der Waals surface area contributed by atoms with Crippen molar-refractivity contribution in [3.63, 3.8) is 0 Å². The van der Waals surface area contributed by atoms with Gasteiger partial charge in [0.25, 0.3) is 11.6 Å². The molecule has 1 saturated heterocycles. The van der Waals surface area contributed by atoms with Gasteiger partial charge in [-0.25, -0.2) is 0 Å². The van der Waals surface area contributed by atoms with Gasteiger partial charge in [-0.3, -0.25) is 19.7 Å². The molecule has 1 aromatic rings. The van der Waals surface area contributed by atoms with Crippen molar-refractivity contribution in [3.8, 4) is 0 Å². The van der Waals surface area contributed by atoms with E-state index in [4.69, 9.17) is 0 Å². The van der Waals surface area contributed by atoms with E-state index in [1.807, 2.05) is 13.8 Å². The number of carboxylic acid groups (broad SMARTS) is 1. The van der Waals surface area contributed by atoms with Crippen LogP contribution >= 0.6 is 0 Å².